The number of fused-ring (bicyclic) bond motifs is 8. The van der Waals surface area contributed by atoms with E-state index in [-0.39, 0.29) is 11.8 Å². The van der Waals surface area contributed by atoms with E-state index in [0.29, 0.717) is 5.89 Å². The third kappa shape index (κ3) is 5.18. The van der Waals surface area contributed by atoms with Crippen LogP contribution in [0.2, 0.25) is 0 Å². The van der Waals surface area contributed by atoms with E-state index in [4.69, 9.17) is 13.8 Å². The van der Waals surface area contributed by atoms with E-state index in [1.807, 2.05) is 42.5 Å². The molecule has 10 aromatic rings. The van der Waals surface area contributed by atoms with E-state index < -0.39 is 0 Å². The number of rotatable bonds is 6. The Hall–Kier alpha value is -7.17. The van der Waals surface area contributed by atoms with E-state index >= 15 is 0 Å². The first-order chi connectivity index (χ1) is 27.7. The van der Waals surface area contributed by atoms with Gasteiger partial charge in [0.15, 0.2) is 5.58 Å². The SMILES string of the molecule is CC1c2c(cccc2N(c2cccc(-c3ccccc3)c2)c2ccc3c(c2)oc2ccc4nc(-c5ccccc5)oc4c23)-c2ccccc2[C@H]1c1ccccc1. The van der Waals surface area contributed by atoms with E-state index in [9.17, 15) is 0 Å². The predicted molar refractivity (Wildman–Crippen MR) is 229 cm³/mol. The number of oxazole rings is 1. The molecule has 0 fully saturated rings. The lowest BCUT2D eigenvalue weighted by molar-refractivity contribution is 0.622. The van der Waals surface area contributed by atoms with Crippen molar-refractivity contribution in [1.82, 2.24) is 4.98 Å². The van der Waals surface area contributed by atoms with Crippen molar-refractivity contribution >= 4 is 50.1 Å². The van der Waals surface area contributed by atoms with Crippen molar-refractivity contribution < 1.29 is 8.83 Å². The molecule has 0 radical (unpaired) electrons. The van der Waals surface area contributed by atoms with Crippen molar-refractivity contribution in [3.05, 3.63) is 205 Å². The van der Waals surface area contributed by atoms with Crippen LogP contribution in [0.4, 0.5) is 17.1 Å². The first kappa shape index (κ1) is 32.3. The maximum absolute atomic E-state index is 6.67. The highest BCUT2D eigenvalue weighted by Crippen LogP contribution is 2.54. The molecular weight excluding hydrogens is 685 g/mol. The number of anilines is 3. The first-order valence-corrected chi connectivity index (χ1v) is 19.2. The molecule has 2 aromatic heterocycles. The standard InChI is InChI=1S/C52H36N2O2/c1-33-48(35-17-7-3-8-18-35)41-24-12-11-23-40(41)42-25-14-26-45(49(33)42)54(38-22-13-21-37(31-38)34-15-5-2-6-16-34)39-27-28-43-47(32-39)55-46-30-29-44-51(50(43)46)56-52(53-44)36-19-9-4-10-20-36/h2-33,48H,1H3/t33?,48-/m1/s1. The minimum absolute atomic E-state index is 0.187. The summed E-state index contributed by atoms with van der Waals surface area (Å²) in [6, 6.07) is 66.8. The molecular formula is C52H36N2O2. The summed E-state index contributed by atoms with van der Waals surface area (Å²) in [7, 11) is 0. The molecule has 11 rings (SSSR count). The summed E-state index contributed by atoms with van der Waals surface area (Å²) in [5.41, 5.74) is 16.2. The summed E-state index contributed by atoms with van der Waals surface area (Å²) >= 11 is 0. The van der Waals surface area contributed by atoms with Gasteiger partial charge in [0, 0.05) is 34.3 Å². The lowest BCUT2D eigenvalue weighted by Crippen LogP contribution is -2.21. The molecule has 2 atom stereocenters. The Balaban J connectivity index is 1.13. The van der Waals surface area contributed by atoms with E-state index in [1.165, 1.54) is 33.4 Å². The molecule has 1 unspecified atom stereocenters. The van der Waals surface area contributed by atoms with Gasteiger partial charge in [-0.1, -0.05) is 134 Å². The van der Waals surface area contributed by atoms with Gasteiger partial charge < -0.3 is 13.7 Å². The fraction of sp³-hybridized carbons (Fsp3) is 0.0577. The molecule has 0 aliphatic heterocycles. The van der Waals surface area contributed by atoms with Gasteiger partial charge in [-0.15, -0.1) is 0 Å². The second-order valence-corrected chi connectivity index (χ2v) is 14.7. The van der Waals surface area contributed by atoms with Gasteiger partial charge in [0.1, 0.15) is 16.7 Å². The largest absolute Gasteiger partial charge is 0.456 e. The molecule has 8 aromatic carbocycles. The van der Waals surface area contributed by atoms with Crippen molar-refractivity contribution in [1.29, 1.82) is 0 Å². The first-order valence-electron chi connectivity index (χ1n) is 19.2. The normalized spacial score (nSPS) is 14.9. The molecule has 1 aliphatic rings. The van der Waals surface area contributed by atoms with Crippen LogP contribution in [0, 0.1) is 0 Å². The van der Waals surface area contributed by atoms with Gasteiger partial charge in [0.2, 0.25) is 5.89 Å². The molecule has 4 nitrogen and oxygen atoms in total. The minimum Gasteiger partial charge on any atom is -0.456 e. The van der Waals surface area contributed by atoms with Crippen LogP contribution in [-0.2, 0) is 0 Å². The Morgan fingerprint density at radius 1 is 0.518 bits per heavy atom. The van der Waals surface area contributed by atoms with E-state index in [2.05, 4.69) is 157 Å². The predicted octanol–water partition coefficient (Wildman–Crippen LogP) is 14.4. The Bertz CT molecular complexity index is 3050. The highest BCUT2D eigenvalue weighted by molar-refractivity contribution is 6.17. The number of hydrogen-bond donors (Lipinski definition) is 0. The lowest BCUT2D eigenvalue weighted by Gasteiger charge is -2.38. The maximum atomic E-state index is 6.67. The van der Waals surface area contributed by atoms with Crippen molar-refractivity contribution in [3.8, 4) is 33.7 Å². The third-order valence-electron chi connectivity index (χ3n) is 11.5. The monoisotopic (exact) mass is 720 g/mol. The molecule has 0 saturated heterocycles. The number of furan rings is 1. The van der Waals surface area contributed by atoms with Crippen molar-refractivity contribution in [2.75, 3.05) is 4.90 Å². The zero-order valence-corrected chi connectivity index (χ0v) is 30.8. The van der Waals surface area contributed by atoms with Crippen LogP contribution in [-0.4, -0.2) is 4.98 Å². The number of nitrogens with zero attached hydrogens (tertiary/aromatic N) is 2. The molecule has 1 aliphatic carbocycles. The molecule has 56 heavy (non-hydrogen) atoms. The van der Waals surface area contributed by atoms with Gasteiger partial charge in [-0.05, 0) is 99.5 Å². The smallest absolute Gasteiger partial charge is 0.227 e. The number of aromatic nitrogens is 1. The lowest BCUT2D eigenvalue weighted by atomic mass is 9.69. The second kappa shape index (κ2) is 13.0. The molecule has 0 spiro atoms. The highest BCUT2D eigenvalue weighted by atomic mass is 16.4. The average molecular weight is 721 g/mol. The van der Waals surface area contributed by atoms with Crippen molar-refractivity contribution in [3.63, 3.8) is 0 Å². The van der Waals surface area contributed by atoms with Crippen molar-refractivity contribution in [2.45, 2.75) is 18.8 Å². The van der Waals surface area contributed by atoms with Gasteiger partial charge in [0.25, 0.3) is 0 Å². The average Bonchev–Trinajstić information content (AvgIpc) is 3.87. The summed E-state index contributed by atoms with van der Waals surface area (Å²) in [4.78, 5) is 7.27. The van der Waals surface area contributed by atoms with Crippen LogP contribution in [0.25, 0.3) is 66.7 Å². The number of hydrogen-bond acceptors (Lipinski definition) is 4. The maximum Gasteiger partial charge on any atom is 0.227 e. The Labute approximate surface area is 324 Å². The summed E-state index contributed by atoms with van der Waals surface area (Å²) in [5.74, 6) is 0.982. The fourth-order valence-electron chi connectivity index (χ4n) is 9.00. The summed E-state index contributed by atoms with van der Waals surface area (Å²) in [6.45, 7) is 2.39. The van der Waals surface area contributed by atoms with E-state index in [1.54, 1.807) is 0 Å². The van der Waals surface area contributed by atoms with Gasteiger partial charge >= 0.3 is 0 Å². The zero-order valence-electron chi connectivity index (χ0n) is 30.8. The van der Waals surface area contributed by atoms with Crippen LogP contribution >= 0.6 is 0 Å². The molecule has 0 N–H and O–H groups in total. The zero-order chi connectivity index (χ0) is 37.2. The van der Waals surface area contributed by atoms with Crippen LogP contribution in [0.3, 0.4) is 0 Å². The molecule has 4 heteroatoms. The Kier molecular flexibility index (Phi) is 7.49. The topological polar surface area (TPSA) is 42.4 Å². The minimum atomic E-state index is 0.187. The molecule has 266 valence electrons. The Morgan fingerprint density at radius 3 is 2.02 bits per heavy atom. The van der Waals surface area contributed by atoms with Crippen LogP contribution < -0.4 is 4.90 Å². The van der Waals surface area contributed by atoms with Gasteiger partial charge in [-0.2, -0.15) is 0 Å². The van der Waals surface area contributed by atoms with Crippen LogP contribution in [0.15, 0.2) is 197 Å². The molecule has 2 heterocycles. The third-order valence-corrected chi connectivity index (χ3v) is 11.5. The highest BCUT2D eigenvalue weighted by Gasteiger charge is 2.35. The van der Waals surface area contributed by atoms with Gasteiger partial charge in [0.05, 0.1) is 11.1 Å². The van der Waals surface area contributed by atoms with Crippen LogP contribution in [0.5, 0.6) is 0 Å². The van der Waals surface area contributed by atoms with Gasteiger partial charge in [-0.25, -0.2) is 4.98 Å². The molecule has 0 amide bonds. The molecule has 0 saturated carbocycles. The Morgan fingerprint density at radius 2 is 1.20 bits per heavy atom. The van der Waals surface area contributed by atoms with Gasteiger partial charge in [-0.3, -0.25) is 0 Å². The quantitative estimate of drug-likeness (QED) is 0.171. The summed E-state index contributed by atoms with van der Waals surface area (Å²) < 4.78 is 13.1. The van der Waals surface area contributed by atoms with Crippen LogP contribution in [0.1, 0.15) is 35.4 Å². The van der Waals surface area contributed by atoms with E-state index in [0.717, 1.165) is 61.2 Å². The molecule has 0 bridgehead atoms. The van der Waals surface area contributed by atoms with Crippen molar-refractivity contribution in [2.24, 2.45) is 0 Å². The summed E-state index contributed by atoms with van der Waals surface area (Å²) in [6.07, 6.45) is 0. The number of benzene rings is 8. The summed E-state index contributed by atoms with van der Waals surface area (Å²) in [5, 5.41) is 1.93. The second-order valence-electron chi connectivity index (χ2n) is 14.7. The fourth-order valence-corrected chi connectivity index (χ4v) is 9.00.